The summed E-state index contributed by atoms with van der Waals surface area (Å²) in [5.41, 5.74) is 2.00. The van der Waals surface area contributed by atoms with Crippen molar-refractivity contribution in [1.29, 1.82) is 0 Å². The zero-order valence-corrected chi connectivity index (χ0v) is 17.4. The lowest BCUT2D eigenvalue weighted by atomic mass is 10.1. The molecular formula is C20H23BrN2O4. The highest BCUT2D eigenvalue weighted by molar-refractivity contribution is 9.10. The van der Waals surface area contributed by atoms with Crippen molar-refractivity contribution in [3.8, 4) is 11.5 Å². The van der Waals surface area contributed by atoms with Crippen LogP contribution in [0.25, 0.3) is 0 Å². The second-order valence-electron chi connectivity index (χ2n) is 5.86. The molecule has 0 bridgehead atoms. The first kappa shape index (κ1) is 20.8. The Morgan fingerprint density at radius 2 is 1.81 bits per heavy atom. The van der Waals surface area contributed by atoms with Gasteiger partial charge in [0.05, 0.1) is 18.2 Å². The fourth-order valence-corrected chi connectivity index (χ4v) is 3.16. The molecule has 2 aromatic carbocycles. The second-order valence-corrected chi connectivity index (χ2v) is 6.71. The van der Waals surface area contributed by atoms with Crippen LogP contribution >= 0.6 is 15.9 Å². The molecule has 144 valence electrons. The predicted octanol–water partition coefficient (Wildman–Crippen LogP) is 3.49. The number of carbonyl (C=O) groups excluding carboxylic acids is 2. The van der Waals surface area contributed by atoms with Crippen LogP contribution in [0.5, 0.6) is 11.5 Å². The Balaban J connectivity index is 2.17. The van der Waals surface area contributed by atoms with Crippen LogP contribution in [0, 0.1) is 0 Å². The summed E-state index contributed by atoms with van der Waals surface area (Å²) in [6.45, 7) is 2.79. The lowest BCUT2D eigenvalue weighted by molar-refractivity contribution is 0.0784. The predicted molar refractivity (Wildman–Crippen MR) is 107 cm³/mol. The van der Waals surface area contributed by atoms with Gasteiger partial charge in [0.25, 0.3) is 11.8 Å². The minimum absolute atomic E-state index is 0.141. The van der Waals surface area contributed by atoms with E-state index in [0.717, 1.165) is 5.56 Å². The SMILES string of the molecule is CCOc1c(Br)cc(C(=O)N(C)Cc2ccc(C(=O)NC)cc2)cc1OC. The molecular weight excluding hydrogens is 412 g/mol. The van der Waals surface area contributed by atoms with E-state index in [2.05, 4.69) is 21.2 Å². The van der Waals surface area contributed by atoms with Gasteiger partial charge in [0.15, 0.2) is 11.5 Å². The maximum atomic E-state index is 12.8. The summed E-state index contributed by atoms with van der Waals surface area (Å²) in [7, 11) is 4.86. The minimum atomic E-state index is -0.146. The summed E-state index contributed by atoms with van der Waals surface area (Å²) in [6, 6.07) is 10.5. The van der Waals surface area contributed by atoms with Gasteiger partial charge in [0.2, 0.25) is 0 Å². The van der Waals surface area contributed by atoms with Crippen molar-refractivity contribution in [1.82, 2.24) is 10.2 Å². The minimum Gasteiger partial charge on any atom is -0.493 e. The quantitative estimate of drug-likeness (QED) is 0.723. The molecule has 0 atom stereocenters. The number of halogens is 1. The summed E-state index contributed by atoms with van der Waals surface area (Å²) in [5, 5.41) is 2.58. The van der Waals surface area contributed by atoms with Crippen LogP contribution in [0.15, 0.2) is 40.9 Å². The highest BCUT2D eigenvalue weighted by Gasteiger charge is 2.18. The molecule has 0 aliphatic heterocycles. The van der Waals surface area contributed by atoms with Crippen LogP contribution in [0.1, 0.15) is 33.2 Å². The molecule has 2 rings (SSSR count). The molecule has 0 spiro atoms. The average molecular weight is 435 g/mol. The molecule has 0 fully saturated rings. The van der Waals surface area contributed by atoms with E-state index < -0.39 is 0 Å². The molecule has 27 heavy (non-hydrogen) atoms. The molecule has 0 aliphatic carbocycles. The molecule has 1 N–H and O–H groups in total. The van der Waals surface area contributed by atoms with Gasteiger partial charge >= 0.3 is 0 Å². The van der Waals surface area contributed by atoms with E-state index in [0.29, 0.717) is 40.3 Å². The van der Waals surface area contributed by atoms with Crippen molar-refractivity contribution in [2.24, 2.45) is 0 Å². The monoisotopic (exact) mass is 434 g/mol. The third kappa shape index (κ3) is 5.01. The van der Waals surface area contributed by atoms with Gasteiger partial charge in [-0.05, 0) is 52.7 Å². The van der Waals surface area contributed by atoms with Crippen LogP contribution < -0.4 is 14.8 Å². The molecule has 0 saturated heterocycles. The van der Waals surface area contributed by atoms with Gasteiger partial charge in [-0.15, -0.1) is 0 Å². The van der Waals surface area contributed by atoms with E-state index in [-0.39, 0.29) is 11.8 Å². The molecule has 0 saturated carbocycles. The first-order valence-corrected chi connectivity index (χ1v) is 9.27. The number of methoxy groups -OCH3 is 1. The lowest BCUT2D eigenvalue weighted by Gasteiger charge is -2.19. The lowest BCUT2D eigenvalue weighted by Crippen LogP contribution is -2.26. The number of rotatable bonds is 7. The van der Waals surface area contributed by atoms with Gasteiger partial charge in [0, 0.05) is 31.8 Å². The molecule has 7 heteroatoms. The number of hydrogen-bond donors (Lipinski definition) is 1. The fourth-order valence-electron chi connectivity index (χ4n) is 2.60. The van der Waals surface area contributed by atoms with Gasteiger partial charge in [-0.2, -0.15) is 0 Å². The van der Waals surface area contributed by atoms with Crippen molar-refractivity contribution in [2.75, 3.05) is 27.8 Å². The highest BCUT2D eigenvalue weighted by atomic mass is 79.9. The number of nitrogens with zero attached hydrogens (tertiary/aromatic N) is 1. The summed E-state index contributed by atoms with van der Waals surface area (Å²) in [5.74, 6) is 0.784. The van der Waals surface area contributed by atoms with E-state index in [9.17, 15) is 9.59 Å². The summed E-state index contributed by atoms with van der Waals surface area (Å²) in [4.78, 5) is 26.0. The fraction of sp³-hybridized carbons (Fsp3) is 0.300. The number of hydrogen-bond acceptors (Lipinski definition) is 4. The van der Waals surface area contributed by atoms with E-state index >= 15 is 0 Å². The third-order valence-corrected chi connectivity index (χ3v) is 4.56. The summed E-state index contributed by atoms with van der Waals surface area (Å²) < 4.78 is 11.6. The Kier molecular flexibility index (Phi) is 7.24. The van der Waals surface area contributed by atoms with Crippen molar-refractivity contribution < 1.29 is 19.1 Å². The van der Waals surface area contributed by atoms with Crippen LogP contribution in [0.4, 0.5) is 0 Å². The third-order valence-electron chi connectivity index (χ3n) is 3.97. The van der Waals surface area contributed by atoms with Crippen LogP contribution in [0.3, 0.4) is 0 Å². The van der Waals surface area contributed by atoms with Gasteiger partial charge in [-0.25, -0.2) is 0 Å². The highest BCUT2D eigenvalue weighted by Crippen LogP contribution is 2.37. The average Bonchev–Trinajstić information content (AvgIpc) is 2.68. The maximum Gasteiger partial charge on any atom is 0.254 e. The Labute approximate surface area is 167 Å². The van der Waals surface area contributed by atoms with Gasteiger partial charge in [-0.1, -0.05) is 12.1 Å². The Bertz CT molecular complexity index is 821. The van der Waals surface area contributed by atoms with E-state index in [1.165, 1.54) is 7.11 Å². The molecule has 0 radical (unpaired) electrons. The largest absolute Gasteiger partial charge is 0.493 e. The molecule has 2 aromatic rings. The van der Waals surface area contributed by atoms with Crippen molar-refractivity contribution in [2.45, 2.75) is 13.5 Å². The van der Waals surface area contributed by atoms with Crippen LogP contribution in [-0.2, 0) is 6.54 Å². The van der Waals surface area contributed by atoms with Crippen LogP contribution in [-0.4, -0.2) is 44.5 Å². The van der Waals surface area contributed by atoms with Crippen molar-refractivity contribution in [3.63, 3.8) is 0 Å². The van der Waals surface area contributed by atoms with Crippen molar-refractivity contribution >= 4 is 27.7 Å². The number of amides is 2. The zero-order valence-electron chi connectivity index (χ0n) is 15.8. The maximum absolute atomic E-state index is 12.8. The Hall–Kier alpha value is -2.54. The first-order chi connectivity index (χ1) is 12.9. The van der Waals surface area contributed by atoms with Gasteiger partial charge < -0.3 is 19.7 Å². The van der Waals surface area contributed by atoms with Crippen LogP contribution in [0.2, 0.25) is 0 Å². The number of benzene rings is 2. The smallest absolute Gasteiger partial charge is 0.254 e. The zero-order chi connectivity index (χ0) is 20.0. The standard InChI is InChI=1S/C20H23BrN2O4/c1-5-27-18-16(21)10-15(11-17(18)26-4)20(25)23(3)12-13-6-8-14(9-7-13)19(24)22-2/h6-11H,5,12H2,1-4H3,(H,22,24). The van der Waals surface area contributed by atoms with E-state index in [4.69, 9.17) is 9.47 Å². The van der Waals surface area contributed by atoms with E-state index in [1.807, 2.05) is 19.1 Å². The molecule has 0 aliphatic rings. The Morgan fingerprint density at radius 3 is 2.37 bits per heavy atom. The van der Waals surface area contributed by atoms with E-state index in [1.54, 1.807) is 43.3 Å². The number of nitrogens with one attached hydrogen (secondary N) is 1. The van der Waals surface area contributed by atoms with Gasteiger partial charge in [0.1, 0.15) is 0 Å². The normalized spacial score (nSPS) is 10.3. The molecule has 6 nitrogen and oxygen atoms in total. The molecule has 0 heterocycles. The number of ether oxygens (including phenoxy) is 2. The molecule has 0 unspecified atom stereocenters. The number of carbonyl (C=O) groups is 2. The Morgan fingerprint density at radius 1 is 1.15 bits per heavy atom. The molecule has 2 amide bonds. The summed E-state index contributed by atoms with van der Waals surface area (Å²) >= 11 is 3.44. The topological polar surface area (TPSA) is 67.9 Å². The first-order valence-electron chi connectivity index (χ1n) is 8.48. The molecule has 0 aromatic heterocycles. The second kappa shape index (κ2) is 9.41. The van der Waals surface area contributed by atoms with Crippen molar-refractivity contribution in [3.05, 3.63) is 57.6 Å². The van der Waals surface area contributed by atoms with Gasteiger partial charge in [-0.3, -0.25) is 9.59 Å². The summed E-state index contributed by atoms with van der Waals surface area (Å²) in [6.07, 6.45) is 0.